The molecule has 0 fully saturated rings. The van der Waals surface area contributed by atoms with Crippen molar-refractivity contribution in [1.29, 1.82) is 0 Å². The Morgan fingerprint density at radius 1 is 0.789 bits per heavy atom. The van der Waals surface area contributed by atoms with Gasteiger partial charge in [-0.3, -0.25) is 0 Å². The molecule has 2 rings (SSSR count). The lowest BCUT2D eigenvalue weighted by Gasteiger charge is -2.16. The van der Waals surface area contributed by atoms with Crippen LogP contribution in [0.5, 0.6) is 0 Å². The second-order valence-corrected chi connectivity index (χ2v) is 5.13. The van der Waals surface area contributed by atoms with Gasteiger partial charge < -0.3 is 0 Å². The van der Waals surface area contributed by atoms with Crippen LogP contribution >= 0.6 is 0 Å². The minimum absolute atomic E-state index is 0.669. The van der Waals surface area contributed by atoms with Gasteiger partial charge in [-0.25, -0.2) is 0 Å². The van der Waals surface area contributed by atoms with E-state index in [-0.39, 0.29) is 0 Å². The molecule has 0 aliphatic carbocycles. The summed E-state index contributed by atoms with van der Waals surface area (Å²) in [6, 6.07) is 21.7. The fourth-order valence-electron chi connectivity index (χ4n) is 2.65. The summed E-state index contributed by atoms with van der Waals surface area (Å²) in [6.07, 6.45) is 5.91. The van der Waals surface area contributed by atoms with E-state index in [1.54, 1.807) is 0 Å². The van der Waals surface area contributed by atoms with Gasteiger partial charge in [-0.1, -0.05) is 74.0 Å². The Morgan fingerprint density at radius 2 is 1.42 bits per heavy atom. The van der Waals surface area contributed by atoms with Crippen molar-refractivity contribution >= 4 is 0 Å². The zero-order chi connectivity index (χ0) is 13.3. The van der Waals surface area contributed by atoms with Crippen LogP contribution in [0.15, 0.2) is 60.7 Å². The smallest absolute Gasteiger partial charge is 0.0162 e. The molecule has 0 amide bonds. The Hall–Kier alpha value is -1.56. The van der Waals surface area contributed by atoms with Crippen LogP contribution < -0.4 is 0 Å². The van der Waals surface area contributed by atoms with E-state index in [1.807, 2.05) is 0 Å². The van der Waals surface area contributed by atoms with E-state index < -0.39 is 0 Å². The fraction of sp³-hybridized carbons (Fsp3) is 0.316. The van der Waals surface area contributed by atoms with Crippen molar-refractivity contribution in [2.24, 2.45) is 0 Å². The second kappa shape index (κ2) is 7.78. The van der Waals surface area contributed by atoms with Crippen LogP contribution in [-0.4, -0.2) is 0 Å². The third-order valence-electron chi connectivity index (χ3n) is 3.68. The number of hydrogen-bond donors (Lipinski definition) is 0. The summed E-state index contributed by atoms with van der Waals surface area (Å²) in [4.78, 5) is 0. The Bertz CT molecular complexity index is 444. The lowest BCUT2D eigenvalue weighted by molar-refractivity contribution is 0.556. The first-order chi connectivity index (χ1) is 9.40. The molecular weight excluding hydrogens is 228 g/mol. The van der Waals surface area contributed by atoms with Crippen LogP contribution in [0.4, 0.5) is 0 Å². The van der Waals surface area contributed by atoms with Crippen LogP contribution in [0.1, 0.15) is 42.7 Å². The fourth-order valence-corrected chi connectivity index (χ4v) is 2.65. The van der Waals surface area contributed by atoms with Gasteiger partial charge in [-0.05, 0) is 42.7 Å². The highest BCUT2D eigenvalue weighted by Crippen LogP contribution is 2.26. The molecule has 1 atom stereocenters. The second-order valence-electron chi connectivity index (χ2n) is 5.13. The topological polar surface area (TPSA) is 0 Å². The SMILES string of the molecule is [CH2]CCC(CCCc1ccccc1)c1ccccc1. The van der Waals surface area contributed by atoms with Crippen molar-refractivity contribution in [1.82, 2.24) is 0 Å². The summed E-state index contributed by atoms with van der Waals surface area (Å²) < 4.78 is 0. The number of benzene rings is 2. The average Bonchev–Trinajstić information content (AvgIpc) is 2.48. The quantitative estimate of drug-likeness (QED) is 0.617. The average molecular weight is 251 g/mol. The first-order valence-electron chi connectivity index (χ1n) is 7.28. The molecule has 1 unspecified atom stereocenters. The summed E-state index contributed by atoms with van der Waals surface area (Å²) in [5.41, 5.74) is 2.92. The number of aryl methyl sites for hydroxylation is 1. The molecule has 2 aromatic rings. The van der Waals surface area contributed by atoms with Crippen molar-refractivity contribution in [2.75, 3.05) is 0 Å². The van der Waals surface area contributed by atoms with Crippen LogP contribution in [-0.2, 0) is 6.42 Å². The normalized spacial score (nSPS) is 12.3. The Balaban J connectivity index is 1.87. The maximum Gasteiger partial charge on any atom is -0.0162 e. The van der Waals surface area contributed by atoms with E-state index in [2.05, 4.69) is 67.6 Å². The van der Waals surface area contributed by atoms with Gasteiger partial charge in [0.1, 0.15) is 0 Å². The molecule has 0 heteroatoms. The van der Waals surface area contributed by atoms with Crippen molar-refractivity contribution in [2.45, 2.75) is 38.0 Å². The van der Waals surface area contributed by atoms with Crippen LogP contribution in [0, 0.1) is 6.92 Å². The third kappa shape index (κ3) is 4.55. The molecule has 0 heterocycles. The predicted molar refractivity (Wildman–Crippen MR) is 83.2 cm³/mol. The molecule has 0 N–H and O–H groups in total. The lowest BCUT2D eigenvalue weighted by atomic mass is 9.89. The minimum atomic E-state index is 0.669. The van der Waals surface area contributed by atoms with Crippen LogP contribution in [0.25, 0.3) is 0 Å². The Kier molecular flexibility index (Phi) is 5.68. The molecule has 2 aromatic carbocycles. The first-order valence-corrected chi connectivity index (χ1v) is 7.28. The molecule has 0 aliphatic rings. The molecule has 0 saturated heterocycles. The van der Waals surface area contributed by atoms with Gasteiger partial charge in [0.2, 0.25) is 0 Å². The predicted octanol–water partition coefficient (Wildman–Crippen LogP) is 5.41. The van der Waals surface area contributed by atoms with Crippen molar-refractivity contribution in [3.05, 3.63) is 78.7 Å². The summed E-state index contributed by atoms with van der Waals surface area (Å²) >= 11 is 0. The molecule has 0 aromatic heterocycles. The van der Waals surface area contributed by atoms with Crippen molar-refractivity contribution in [3.63, 3.8) is 0 Å². The maximum absolute atomic E-state index is 4.02. The van der Waals surface area contributed by atoms with E-state index in [1.165, 1.54) is 36.8 Å². The van der Waals surface area contributed by atoms with Gasteiger partial charge in [0, 0.05) is 0 Å². The summed E-state index contributed by atoms with van der Waals surface area (Å²) in [7, 11) is 0. The first kappa shape index (κ1) is 13.9. The lowest BCUT2D eigenvalue weighted by Crippen LogP contribution is -1.99. The van der Waals surface area contributed by atoms with Gasteiger partial charge in [0.25, 0.3) is 0 Å². The zero-order valence-corrected chi connectivity index (χ0v) is 11.6. The summed E-state index contributed by atoms with van der Waals surface area (Å²) in [6.45, 7) is 4.02. The molecule has 99 valence electrons. The molecule has 0 bridgehead atoms. The number of hydrogen-bond acceptors (Lipinski definition) is 0. The van der Waals surface area contributed by atoms with Gasteiger partial charge in [0.05, 0.1) is 0 Å². The van der Waals surface area contributed by atoms with Crippen molar-refractivity contribution < 1.29 is 0 Å². The van der Waals surface area contributed by atoms with Gasteiger partial charge in [-0.2, -0.15) is 0 Å². The summed E-state index contributed by atoms with van der Waals surface area (Å²) in [5.74, 6) is 0.669. The highest BCUT2D eigenvalue weighted by atomic mass is 14.1. The van der Waals surface area contributed by atoms with E-state index in [0.29, 0.717) is 5.92 Å². The Morgan fingerprint density at radius 3 is 2.05 bits per heavy atom. The molecule has 0 nitrogen and oxygen atoms in total. The van der Waals surface area contributed by atoms with E-state index in [9.17, 15) is 0 Å². The molecule has 0 spiro atoms. The number of rotatable bonds is 7. The molecular formula is C19H23. The van der Waals surface area contributed by atoms with Gasteiger partial charge in [-0.15, -0.1) is 0 Å². The molecule has 0 saturated carbocycles. The molecule has 0 aliphatic heterocycles. The van der Waals surface area contributed by atoms with E-state index in [0.717, 1.165) is 6.42 Å². The van der Waals surface area contributed by atoms with Gasteiger partial charge >= 0.3 is 0 Å². The molecule has 19 heavy (non-hydrogen) atoms. The summed E-state index contributed by atoms with van der Waals surface area (Å²) in [5, 5.41) is 0. The van der Waals surface area contributed by atoms with E-state index in [4.69, 9.17) is 0 Å². The monoisotopic (exact) mass is 251 g/mol. The maximum atomic E-state index is 4.02. The Labute approximate surface area is 117 Å². The minimum Gasteiger partial charge on any atom is -0.0622 e. The third-order valence-corrected chi connectivity index (χ3v) is 3.68. The highest BCUT2D eigenvalue weighted by molar-refractivity contribution is 5.20. The van der Waals surface area contributed by atoms with Crippen LogP contribution in [0.2, 0.25) is 0 Å². The van der Waals surface area contributed by atoms with Crippen molar-refractivity contribution in [3.8, 4) is 0 Å². The standard InChI is InChI=1S/C19H23/c1-2-10-18(19-14-7-4-8-15-19)16-9-13-17-11-5-3-6-12-17/h3-8,11-12,14-15,18H,1-2,9-10,13,16H2. The highest BCUT2D eigenvalue weighted by Gasteiger charge is 2.09. The zero-order valence-electron chi connectivity index (χ0n) is 11.6. The van der Waals surface area contributed by atoms with Crippen LogP contribution in [0.3, 0.4) is 0 Å². The van der Waals surface area contributed by atoms with Gasteiger partial charge in [0.15, 0.2) is 0 Å². The largest absolute Gasteiger partial charge is 0.0622 e. The molecule has 1 radical (unpaired) electrons. The van der Waals surface area contributed by atoms with E-state index >= 15 is 0 Å².